The van der Waals surface area contributed by atoms with Crippen molar-refractivity contribution < 1.29 is 17.9 Å². The molecule has 138 valence electrons. The van der Waals surface area contributed by atoms with Gasteiger partial charge in [0.2, 0.25) is 15.9 Å². The monoisotopic (exact) mass is 368 g/mol. The molecule has 0 N–H and O–H groups in total. The Morgan fingerprint density at radius 1 is 1.12 bits per heavy atom. The van der Waals surface area contributed by atoms with Gasteiger partial charge in [-0.15, -0.1) is 0 Å². The predicted molar refractivity (Wildman–Crippen MR) is 92.9 cm³/mol. The summed E-state index contributed by atoms with van der Waals surface area (Å²) in [4.78, 5) is 20.2. The summed E-state index contributed by atoms with van der Waals surface area (Å²) in [6, 6.07) is 3.35. The Labute approximate surface area is 148 Å². The molecule has 0 atom stereocenters. The van der Waals surface area contributed by atoms with Crippen LogP contribution in [0.15, 0.2) is 23.2 Å². The van der Waals surface area contributed by atoms with E-state index < -0.39 is 10.0 Å². The molecule has 1 aromatic rings. The summed E-state index contributed by atoms with van der Waals surface area (Å²) in [6.45, 7) is 6.20. The summed E-state index contributed by atoms with van der Waals surface area (Å²) in [5, 5.41) is 0. The van der Waals surface area contributed by atoms with Gasteiger partial charge in [-0.1, -0.05) is 6.92 Å². The topological polar surface area (TPSA) is 83.1 Å². The van der Waals surface area contributed by atoms with Gasteiger partial charge in [-0.05, 0) is 12.1 Å². The van der Waals surface area contributed by atoms with E-state index in [1.807, 2.05) is 11.8 Å². The first kappa shape index (κ1) is 18.1. The number of rotatable bonds is 4. The molecule has 0 unspecified atom stereocenters. The predicted octanol–water partition coefficient (Wildman–Crippen LogP) is 0.161. The average Bonchev–Trinajstić information content (AvgIpc) is 2.68. The van der Waals surface area contributed by atoms with Gasteiger partial charge in [-0.25, -0.2) is 13.4 Å². The molecule has 8 nitrogen and oxygen atoms in total. The maximum absolute atomic E-state index is 12.6. The molecular formula is C16H24N4O4S. The third-order valence-electron chi connectivity index (χ3n) is 4.59. The molecule has 0 radical (unpaired) electrons. The van der Waals surface area contributed by atoms with Crippen LogP contribution in [0, 0.1) is 0 Å². The first-order valence-corrected chi connectivity index (χ1v) is 10.0. The van der Waals surface area contributed by atoms with E-state index in [2.05, 4.69) is 9.88 Å². The fraction of sp³-hybridized carbons (Fsp3) is 0.625. The molecule has 1 amide bonds. The van der Waals surface area contributed by atoms with Crippen molar-refractivity contribution in [1.29, 1.82) is 0 Å². The van der Waals surface area contributed by atoms with Gasteiger partial charge in [0.1, 0.15) is 10.7 Å². The molecule has 3 heterocycles. The number of amides is 1. The van der Waals surface area contributed by atoms with E-state index in [-0.39, 0.29) is 10.8 Å². The third-order valence-corrected chi connectivity index (χ3v) is 6.47. The quantitative estimate of drug-likeness (QED) is 0.753. The van der Waals surface area contributed by atoms with Crippen LogP contribution in [0.5, 0.6) is 0 Å². The second-order valence-corrected chi connectivity index (χ2v) is 8.03. The smallest absolute Gasteiger partial charge is 0.244 e. The zero-order valence-electron chi connectivity index (χ0n) is 14.4. The lowest BCUT2D eigenvalue weighted by Crippen LogP contribution is -2.48. The molecule has 9 heteroatoms. The first-order chi connectivity index (χ1) is 12.0. The van der Waals surface area contributed by atoms with Crippen LogP contribution >= 0.6 is 0 Å². The highest BCUT2D eigenvalue weighted by molar-refractivity contribution is 7.89. The van der Waals surface area contributed by atoms with E-state index in [1.165, 1.54) is 10.5 Å². The number of ether oxygens (including phenoxy) is 1. The highest BCUT2D eigenvalue weighted by Gasteiger charge is 2.27. The number of nitrogens with zero attached hydrogens (tertiary/aromatic N) is 4. The zero-order chi connectivity index (χ0) is 17.9. The van der Waals surface area contributed by atoms with Crippen LogP contribution in [0.25, 0.3) is 0 Å². The summed E-state index contributed by atoms with van der Waals surface area (Å²) < 4.78 is 31.8. The minimum Gasteiger partial charge on any atom is -0.379 e. The average molecular weight is 368 g/mol. The zero-order valence-corrected chi connectivity index (χ0v) is 15.2. The summed E-state index contributed by atoms with van der Waals surface area (Å²) in [5.74, 6) is 0.907. The number of sulfonamides is 1. The number of morpholine rings is 1. The normalized spacial score (nSPS) is 19.9. The van der Waals surface area contributed by atoms with Crippen LogP contribution in [0.4, 0.5) is 5.82 Å². The molecule has 2 aliphatic rings. The van der Waals surface area contributed by atoms with Gasteiger partial charge in [0.25, 0.3) is 0 Å². The van der Waals surface area contributed by atoms with Crippen molar-refractivity contribution in [3.8, 4) is 0 Å². The maximum atomic E-state index is 12.6. The molecule has 0 aromatic carbocycles. The Kier molecular flexibility index (Phi) is 5.55. The number of carbonyl (C=O) groups excluding carboxylic acids is 1. The van der Waals surface area contributed by atoms with Crippen molar-refractivity contribution in [2.75, 3.05) is 57.4 Å². The van der Waals surface area contributed by atoms with Gasteiger partial charge < -0.3 is 14.5 Å². The third kappa shape index (κ3) is 3.94. The molecule has 3 rings (SSSR count). The number of carbonyl (C=O) groups is 1. The van der Waals surface area contributed by atoms with Crippen LogP contribution in [0.2, 0.25) is 0 Å². The van der Waals surface area contributed by atoms with Crippen molar-refractivity contribution in [3.05, 3.63) is 18.3 Å². The lowest BCUT2D eigenvalue weighted by atomic mass is 10.3. The Morgan fingerprint density at radius 2 is 1.80 bits per heavy atom. The van der Waals surface area contributed by atoms with Crippen LogP contribution in [0.1, 0.15) is 13.3 Å². The van der Waals surface area contributed by atoms with E-state index in [9.17, 15) is 13.2 Å². The molecule has 0 bridgehead atoms. The van der Waals surface area contributed by atoms with Crippen LogP contribution < -0.4 is 4.90 Å². The molecule has 2 saturated heterocycles. The van der Waals surface area contributed by atoms with Crippen molar-refractivity contribution in [3.63, 3.8) is 0 Å². The summed E-state index contributed by atoms with van der Waals surface area (Å²) in [7, 11) is -3.51. The summed E-state index contributed by atoms with van der Waals surface area (Å²) >= 11 is 0. The molecule has 0 aliphatic carbocycles. The van der Waals surface area contributed by atoms with Crippen molar-refractivity contribution in [2.45, 2.75) is 18.2 Å². The van der Waals surface area contributed by atoms with E-state index in [0.717, 1.165) is 5.82 Å². The molecule has 1 aromatic heterocycles. The van der Waals surface area contributed by atoms with Crippen molar-refractivity contribution in [1.82, 2.24) is 14.2 Å². The Bertz CT molecular complexity index is 693. The van der Waals surface area contributed by atoms with Crippen LogP contribution in [0.3, 0.4) is 0 Å². The van der Waals surface area contributed by atoms with Gasteiger partial charge in [-0.2, -0.15) is 4.31 Å². The number of hydrogen-bond acceptors (Lipinski definition) is 6. The van der Waals surface area contributed by atoms with Crippen LogP contribution in [-0.4, -0.2) is 81.0 Å². The Hall–Kier alpha value is -1.71. The van der Waals surface area contributed by atoms with Gasteiger partial charge in [0.05, 0.1) is 13.2 Å². The van der Waals surface area contributed by atoms with Gasteiger partial charge in [-0.3, -0.25) is 4.79 Å². The number of pyridine rings is 1. The Balaban J connectivity index is 1.65. The van der Waals surface area contributed by atoms with E-state index in [4.69, 9.17) is 4.74 Å². The van der Waals surface area contributed by atoms with Gasteiger partial charge in [0.15, 0.2) is 0 Å². The van der Waals surface area contributed by atoms with Gasteiger partial charge in [0, 0.05) is 51.9 Å². The SMILES string of the molecule is CCC(=O)N1CCN(c2ccc(S(=O)(=O)N3CCOCC3)cn2)CC1. The highest BCUT2D eigenvalue weighted by Crippen LogP contribution is 2.20. The molecule has 25 heavy (non-hydrogen) atoms. The molecule has 0 spiro atoms. The summed E-state index contributed by atoms with van der Waals surface area (Å²) in [5.41, 5.74) is 0. The second-order valence-electron chi connectivity index (χ2n) is 6.09. The minimum atomic E-state index is -3.51. The van der Waals surface area contributed by atoms with Crippen molar-refractivity contribution in [2.24, 2.45) is 0 Å². The molecular weight excluding hydrogens is 344 g/mol. The van der Waals surface area contributed by atoms with E-state index in [0.29, 0.717) is 58.9 Å². The standard InChI is InChI=1S/C16H24N4O4S/c1-2-16(21)19-7-5-18(6-8-19)15-4-3-14(13-17-15)25(22,23)20-9-11-24-12-10-20/h3-4,13H,2,5-12H2,1H3. The fourth-order valence-electron chi connectivity index (χ4n) is 3.06. The lowest BCUT2D eigenvalue weighted by molar-refractivity contribution is -0.131. The van der Waals surface area contributed by atoms with E-state index >= 15 is 0 Å². The maximum Gasteiger partial charge on any atom is 0.244 e. The largest absolute Gasteiger partial charge is 0.379 e. The highest BCUT2D eigenvalue weighted by atomic mass is 32.2. The molecule has 2 fully saturated rings. The van der Waals surface area contributed by atoms with Crippen LogP contribution in [-0.2, 0) is 19.6 Å². The Morgan fingerprint density at radius 3 is 2.36 bits per heavy atom. The summed E-state index contributed by atoms with van der Waals surface area (Å²) in [6.07, 6.45) is 1.94. The van der Waals surface area contributed by atoms with E-state index in [1.54, 1.807) is 12.1 Å². The minimum absolute atomic E-state index is 0.166. The number of hydrogen-bond donors (Lipinski definition) is 0. The van der Waals surface area contributed by atoms with Crippen molar-refractivity contribution >= 4 is 21.7 Å². The number of aromatic nitrogens is 1. The fourth-order valence-corrected chi connectivity index (χ4v) is 4.41. The van der Waals surface area contributed by atoms with Gasteiger partial charge >= 0.3 is 0 Å². The first-order valence-electron chi connectivity index (χ1n) is 8.59. The second kappa shape index (κ2) is 7.67. The molecule has 0 saturated carbocycles. The number of anilines is 1. The number of piperazine rings is 1. The molecule has 2 aliphatic heterocycles. The lowest BCUT2D eigenvalue weighted by Gasteiger charge is -2.35.